The van der Waals surface area contributed by atoms with Gasteiger partial charge < -0.3 is 10.1 Å². The van der Waals surface area contributed by atoms with Gasteiger partial charge in [0.05, 0.1) is 31.1 Å². The third-order valence-corrected chi connectivity index (χ3v) is 4.58. The standard InChI is InChI=1S/C16H14ClN7O/c17-14-6-21-16-20-4-11(7-23(14)16)12-1-2-24-13(12)5-19-15(22-24)18-3-10-8-25-9-10/h1-2,4-7,10H,3,8-9H2,(H,18,22). The van der Waals surface area contributed by atoms with E-state index in [4.69, 9.17) is 16.3 Å². The van der Waals surface area contributed by atoms with E-state index in [1.165, 1.54) is 0 Å². The molecule has 4 aromatic rings. The zero-order chi connectivity index (χ0) is 16.8. The number of hydrogen-bond acceptors (Lipinski definition) is 6. The van der Waals surface area contributed by atoms with E-state index in [-0.39, 0.29) is 0 Å². The molecule has 0 saturated carbocycles. The lowest BCUT2D eigenvalue weighted by Crippen LogP contribution is -2.33. The van der Waals surface area contributed by atoms with Crippen molar-refractivity contribution in [1.29, 1.82) is 0 Å². The molecule has 1 saturated heterocycles. The Labute approximate surface area is 147 Å². The summed E-state index contributed by atoms with van der Waals surface area (Å²) in [6.07, 6.45) is 8.98. The molecule has 126 valence electrons. The Balaban J connectivity index is 1.49. The maximum atomic E-state index is 6.14. The lowest BCUT2D eigenvalue weighted by atomic mass is 10.1. The van der Waals surface area contributed by atoms with E-state index in [9.17, 15) is 0 Å². The molecule has 0 spiro atoms. The highest BCUT2D eigenvalue weighted by atomic mass is 35.5. The monoisotopic (exact) mass is 355 g/mol. The van der Waals surface area contributed by atoms with Crippen LogP contribution in [0, 0.1) is 5.92 Å². The second-order valence-electron chi connectivity index (χ2n) is 6.02. The quantitative estimate of drug-likeness (QED) is 0.604. The molecule has 1 aliphatic rings. The van der Waals surface area contributed by atoms with Gasteiger partial charge in [-0.3, -0.25) is 4.40 Å². The number of aromatic nitrogens is 6. The topological polar surface area (TPSA) is 81.6 Å². The Morgan fingerprint density at radius 3 is 2.92 bits per heavy atom. The van der Waals surface area contributed by atoms with Gasteiger partial charge in [-0.2, -0.15) is 0 Å². The Morgan fingerprint density at radius 2 is 2.08 bits per heavy atom. The molecule has 4 aromatic heterocycles. The third-order valence-electron chi connectivity index (χ3n) is 4.30. The second-order valence-corrected chi connectivity index (χ2v) is 6.41. The van der Waals surface area contributed by atoms with Gasteiger partial charge in [0.25, 0.3) is 0 Å². The van der Waals surface area contributed by atoms with Gasteiger partial charge in [0.2, 0.25) is 11.7 Å². The van der Waals surface area contributed by atoms with E-state index in [1.54, 1.807) is 16.8 Å². The molecule has 5 heterocycles. The first-order valence-corrected chi connectivity index (χ1v) is 8.31. The number of ether oxygens (including phenoxy) is 1. The van der Waals surface area contributed by atoms with Crippen LogP contribution in [-0.2, 0) is 4.74 Å². The van der Waals surface area contributed by atoms with E-state index < -0.39 is 0 Å². The summed E-state index contributed by atoms with van der Waals surface area (Å²) in [5, 5.41) is 8.28. The zero-order valence-corrected chi connectivity index (χ0v) is 13.9. The fourth-order valence-corrected chi connectivity index (χ4v) is 3.02. The van der Waals surface area contributed by atoms with Crippen LogP contribution >= 0.6 is 11.6 Å². The van der Waals surface area contributed by atoms with Crippen molar-refractivity contribution in [3.05, 3.63) is 42.2 Å². The Hall–Kier alpha value is -2.71. The fraction of sp³-hybridized carbons (Fsp3) is 0.250. The average Bonchev–Trinajstić information content (AvgIpc) is 3.17. The van der Waals surface area contributed by atoms with Crippen molar-refractivity contribution in [3.8, 4) is 11.1 Å². The van der Waals surface area contributed by atoms with Gasteiger partial charge in [-0.05, 0) is 6.07 Å². The van der Waals surface area contributed by atoms with Crippen molar-refractivity contribution in [3.63, 3.8) is 0 Å². The summed E-state index contributed by atoms with van der Waals surface area (Å²) in [4.78, 5) is 12.9. The van der Waals surface area contributed by atoms with Crippen LogP contribution in [0.3, 0.4) is 0 Å². The predicted octanol–water partition coefficient (Wildman–Crippen LogP) is 2.15. The van der Waals surface area contributed by atoms with Crippen LogP contribution < -0.4 is 5.32 Å². The van der Waals surface area contributed by atoms with Crippen LogP contribution in [0.25, 0.3) is 22.4 Å². The molecule has 5 rings (SSSR count). The lowest BCUT2D eigenvalue weighted by Gasteiger charge is -2.25. The van der Waals surface area contributed by atoms with E-state index in [1.807, 2.05) is 29.2 Å². The zero-order valence-electron chi connectivity index (χ0n) is 13.1. The number of imidazole rings is 1. The minimum absolute atomic E-state index is 0.524. The highest BCUT2D eigenvalue weighted by Gasteiger charge is 2.18. The summed E-state index contributed by atoms with van der Waals surface area (Å²) in [7, 11) is 0. The number of rotatable bonds is 4. The lowest BCUT2D eigenvalue weighted by molar-refractivity contribution is -0.0249. The third kappa shape index (κ3) is 2.50. The Kier molecular flexibility index (Phi) is 3.32. The first-order chi connectivity index (χ1) is 12.3. The van der Waals surface area contributed by atoms with Gasteiger partial charge in [-0.25, -0.2) is 19.5 Å². The smallest absolute Gasteiger partial charge is 0.241 e. The molecule has 9 heteroatoms. The van der Waals surface area contributed by atoms with Crippen LogP contribution in [-0.4, -0.2) is 48.7 Å². The second kappa shape index (κ2) is 5.68. The van der Waals surface area contributed by atoms with Gasteiger partial charge >= 0.3 is 0 Å². The predicted molar refractivity (Wildman–Crippen MR) is 92.8 cm³/mol. The molecule has 1 fully saturated rings. The highest BCUT2D eigenvalue weighted by molar-refractivity contribution is 6.29. The number of halogens is 1. The molecule has 0 unspecified atom stereocenters. The van der Waals surface area contributed by atoms with E-state index in [2.05, 4.69) is 25.4 Å². The first kappa shape index (κ1) is 14.6. The van der Waals surface area contributed by atoms with Crippen LogP contribution in [0.2, 0.25) is 5.15 Å². The van der Waals surface area contributed by atoms with Gasteiger partial charge in [0.15, 0.2) is 0 Å². The van der Waals surface area contributed by atoms with Crippen molar-refractivity contribution in [2.24, 2.45) is 5.92 Å². The summed E-state index contributed by atoms with van der Waals surface area (Å²) in [6.45, 7) is 2.42. The molecule has 0 aromatic carbocycles. The van der Waals surface area contributed by atoms with Crippen LogP contribution in [0.5, 0.6) is 0 Å². The molecule has 0 aliphatic carbocycles. The van der Waals surface area contributed by atoms with Crippen molar-refractivity contribution in [2.75, 3.05) is 25.1 Å². The van der Waals surface area contributed by atoms with E-state index >= 15 is 0 Å². The van der Waals surface area contributed by atoms with Crippen molar-refractivity contribution < 1.29 is 4.74 Å². The SMILES string of the molecule is Clc1cnc2ncc(-c3ccn4nc(NCC5COC5)ncc34)cn12. The Bertz CT molecular complexity index is 1070. The molecule has 0 atom stereocenters. The average molecular weight is 356 g/mol. The van der Waals surface area contributed by atoms with Crippen molar-refractivity contribution in [1.82, 2.24) is 29.0 Å². The van der Waals surface area contributed by atoms with Crippen LogP contribution in [0.4, 0.5) is 5.95 Å². The molecule has 25 heavy (non-hydrogen) atoms. The summed E-state index contributed by atoms with van der Waals surface area (Å²) in [5.74, 6) is 1.71. The van der Waals surface area contributed by atoms with Crippen LogP contribution in [0.15, 0.2) is 37.1 Å². The Morgan fingerprint density at radius 1 is 1.20 bits per heavy atom. The summed E-state index contributed by atoms with van der Waals surface area (Å²) in [5.41, 5.74) is 2.80. The maximum Gasteiger partial charge on any atom is 0.241 e. The molecule has 1 aliphatic heterocycles. The first-order valence-electron chi connectivity index (χ1n) is 7.93. The van der Waals surface area contributed by atoms with Gasteiger partial charge in [0, 0.05) is 42.2 Å². The van der Waals surface area contributed by atoms with E-state index in [0.29, 0.717) is 22.8 Å². The highest BCUT2D eigenvalue weighted by Crippen LogP contribution is 2.25. The molecule has 0 bridgehead atoms. The number of nitrogens with zero attached hydrogens (tertiary/aromatic N) is 6. The minimum Gasteiger partial charge on any atom is -0.381 e. The molecular weight excluding hydrogens is 342 g/mol. The number of hydrogen-bond donors (Lipinski definition) is 1. The molecule has 0 radical (unpaired) electrons. The van der Waals surface area contributed by atoms with Crippen molar-refractivity contribution >= 4 is 28.8 Å². The number of fused-ring (bicyclic) bond motifs is 2. The van der Waals surface area contributed by atoms with Crippen molar-refractivity contribution in [2.45, 2.75) is 0 Å². The maximum absolute atomic E-state index is 6.14. The molecular formula is C16H14ClN7O. The number of nitrogens with one attached hydrogen (secondary N) is 1. The summed E-state index contributed by atoms with van der Waals surface area (Å²) < 4.78 is 8.73. The molecule has 8 nitrogen and oxygen atoms in total. The molecule has 0 amide bonds. The summed E-state index contributed by atoms with van der Waals surface area (Å²) >= 11 is 6.14. The normalized spacial score (nSPS) is 14.9. The van der Waals surface area contributed by atoms with Gasteiger partial charge in [-0.15, -0.1) is 5.10 Å². The van der Waals surface area contributed by atoms with Crippen LogP contribution in [0.1, 0.15) is 0 Å². The summed E-state index contributed by atoms with van der Waals surface area (Å²) in [6, 6.07) is 1.99. The van der Waals surface area contributed by atoms with Gasteiger partial charge in [0.1, 0.15) is 5.15 Å². The minimum atomic E-state index is 0.524. The van der Waals surface area contributed by atoms with E-state index in [0.717, 1.165) is 36.4 Å². The number of anilines is 1. The largest absolute Gasteiger partial charge is 0.381 e. The van der Waals surface area contributed by atoms with Gasteiger partial charge in [-0.1, -0.05) is 11.6 Å². The fourth-order valence-electron chi connectivity index (χ4n) is 2.85. The molecule has 1 N–H and O–H groups in total.